The molecule has 22 heavy (non-hydrogen) atoms. The molecule has 0 saturated carbocycles. The van der Waals surface area contributed by atoms with Gasteiger partial charge < -0.3 is 5.32 Å². The second-order valence-electron chi connectivity index (χ2n) is 5.54. The molecule has 0 radical (unpaired) electrons. The molecule has 0 saturated heterocycles. The SMILES string of the molecule is CC(C)CCNC(=O)CN1C(=O)c2cc(Cl)c(Cl)cc2C1=O. The zero-order valence-electron chi connectivity index (χ0n) is 12.3. The van der Waals surface area contributed by atoms with Crippen LogP contribution in [-0.4, -0.2) is 35.7 Å². The van der Waals surface area contributed by atoms with E-state index in [1.165, 1.54) is 12.1 Å². The number of carbonyl (C=O) groups is 3. The Bertz CT molecular complexity index is 603. The first-order valence-corrected chi connectivity index (χ1v) is 7.68. The number of benzene rings is 1. The molecule has 1 aromatic carbocycles. The Hall–Kier alpha value is -1.59. The van der Waals surface area contributed by atoms with Crippen LogP contribution in [0.2, 0.25) is 10.0 Å². The van der Waals surface area contributed by atoms with E-state index >= 15 is 0 Å². The molecule has 0 unspecified atom stereocenters. The molecule has 0 bridgehead atoms. The van der Waals surface area contributed by atoms with Gasteiger partial charge >= 0.3 is 0 Å². The molecule has 2 rings (SSSR count). The van der Waals surface area contributed by atoms with Crippen molar-refractivity contribution in [1.82, 2.24) is 10.2 Å². The van der Waals surface area contributed by atoms with Crippen LogP contribution in [0.15, 0.2) is 12.1 Å². The monoisotopic (exact) mass is 342 g/mol. The van der Waals surface area contributed by atoms with Crippen molar-refractivity contribution in [2.75, 3.05) is 13.1 Å². The van der Waals surface area contributed by atoms with Crippen LogP contribution < -0.4 is 5.32 Å². The number of carbonyl (C=O) groups excluding carboxylic acids is 3. The van der Waals surface area contributed by atoms with Crippen molar-refractivity contribution in [3.05, 3.63) is 33.3 Å². The van der Waals surface area contributed by atoms with Gasteiger partial charge in [0.2, 0.25) is 5.91 Å². The van der Waals surface area contributed by atoms with Gasteiger partial charge in [-0.15, -0.1) is 0 Å². The number of imide groups is 1. The minimum atomic E-state index is -0.530. The Morgan fingerprint density at radius 1 is 1.14 bits per heavy atom. The number of nitrogens with zero attached hydrogens (tertiary/aromatic N) is 1. The van der Waals surface area contributed by atoms with E-state index in [9.17, 15) is 14.4 Å². The molecule has 1 aliphatic heterocycles. The predicted molar refractivity (Wildman–Crippen MR) is 84.3 cm³/mol. The van der Waals surface area contributed by atoms with E-state index < -0.39 is 11.8 Å². The number of fused-ring (bicyclic) bond motifs is 1. The van der Waals surface area contributed by atoms with Crippen LogP contribution in [0.3, 0.4) is 0 Å². The van der Waals surface area contributed by atoms with Crippen molar-refractivity contribution in [3.63, 3.8) is 0 Å². The third-order valence-corrected chi connectivity index (χ3v) is 4.08. The molecule has 0 fully saturated rings. The fraction of sp³-hybridized carbons (Fsp3) is 0.400. The maximum absolute atomic E-state index is 12.2. The van der Waals surface area contributed by atoms with Gasteiger partial charge in [-0.25, -0.2) is 0 Å². The first-order chi connectivity index (χ1) is 10.3. The van der Waals surface area contributed by atoms with Gasteiger partial charge in [-0.3, -0.25) is 19.3 Å². The molecular formula is C15H16Cl2N2O3. The van der Waals surface area contributed by atoms with E-state index in [0.29, 0.717) is 12.5 Å². The molecule has 0 aliphatic carbocycles. The second-order valence-corrected chi connectivity index (χ2v) is 6.36. The van der Waals surface area contributed by atoms with Crippen LogP contribution in [0, 0.1) is 5.92 Å². The van der Waals surface area contributed by atoms with E-state index in [0.717, 1.165) is 11.3 Å². The van der Waals surface area contributed by atoms with Gasteiger partial charge in [0.05, 0.1) is 21.2 Å². The van der Waals surface area contributed by atoms with Crippen LogP contribution in [0.1, 0.15) is 41.0 Å². The highest BCUT2D eigenvalue weighted by atomic mass is 35.5. The predicted octanol–water partition coefficient (Wildman–Crippen LogP) is 2.75. The number of rotatable bonds is 5. The van der Waals surface area contributed by atoms with E-state index in [-0.39, 0.29) is 33.6 Å². The van der Waals surface area contributed by atoms with Crippen LogP contribution in [0.25, 0.3) is 0 Å². The van der Waals surface area contributed by atoms with Crippen LogP contribution in [-0.2, 0) is 4.79 Å². The van der Waals surface area contributed by atoms with Gasteiger partial charge in [-0.2, -0.15) is 0 Å². The maximum Gasteiger partial charge on any atom is 0.262 e. The Kier molecular flexibility index (Phi) is 5.08. The Labute approximate surface area is 138 Å². The van der Waals surface area contributed by atoms with Crippen molar-refractivity contribution in [1.29, 1.82) is 0 Å². The van der Waals surface area contributed by atoms with Crippen molar-refractivity contribution in [3.8, 4) is 0 Å². The smallest absolute Gasteiger partial charge is 0.262 e. The average Bonchev–Trinajstić information content (AvgIpc) is 2.64. The van der Waals surface area contributed by atoms with E-state index in [4.69, 9.17) is 23.2 Å². The summed E-state index contributed by atoms with van der Waals surface area (Å²) in [5, 5.41) is 3.09. The van der Waals surface area contributed by atoms with Crippen LogP contribution >= 0.6 is 23.2 Å². The number of hydrogen-bond donors (Lipinski definition) is 1. The lowest BCUT2D eigenvalue weighted by Gasteiger charge is -2.14. The lowest BCUT2D eigenvalue weighted by Crippen LogP contribution is -2.40. The number of hydrogen-bond acceptors (Lipinski definition) is 3. The normalized spacial score (nSPS) is 13.8. The molecule has 0 spiro atoms. The summed E-state index contributed by atoms with van der Waals surface area (Å²) in [7, 11) is 0. The highest BCUT2D eigenvalue weighted by Crippen LogP contribution is 2.31. The Morgan fingerprint density at radius 2 is 1.64 bits per heavy atom. The fourth-order valence-corrected chi connectivity index (χ4v) is 2.45. The van der Waals surface area contributed by atoms with Gasteiger partial charge in [0.25, 0.3) is 11.8 Å². The highest BCUT2D eigenvalue weighted by Gasteiger charge is 2.37. The van der Waals surface area contributed by atoms with Crippen LogP contribution in [0.5, 0.6) is 0 Å². The zero-order valence-corrected chi connectivity index (χ0v) is 13.8. The molecule has 118 valence electrons. The zero-order chi connectivity index (χ0) is 16.4. The summed E-state index contributed by atoms with van der Waals surface area (Å²) in [5.41, 5.74) is 0.351. The van der Waals surface area contributed by atoms with E-state index in [1.54, 1.807) is 0 Å². The summed E-state index contributed by atoms with van der Waals surface area (Å²) in [6.07, 6.45) is 0.832. The first-order valence-electron chi connectivity index (χ1n) is 6.93. The molecule has 5 nitrogen and oxygen atoms in total. The minimum Gasteiger partial charge on any atom is -0.355 e. The summed E-state index contributed by atoms with van der Waals surface area (Å²) in [4.78, 5) is 37.2. The molecule has 3 amide bonds. The summed E-state index contributed by atoms with van der Waals surface area (Å²) in [6.45, 7) is 4.30. The fourth-order valence-electron chi connectivity index (χ4n) is 2.13. The van der Waals surface area contributed by atoms with Gasteiger partial charge in [-0.05, 0) is 24.5 Å². The lowest BCUT2D eigenvalue weighted by molar-refractivity contribution is -0.121. The largest absolute Gasteiger partial charge is 0.355 e. The number of nitrogens with one attached hydrogen (secondary N) is 1. The lowest BCUT2D eigenvalue weighted by atomic mass is 10.1. The first kappa shape index (κ1) is 16.8. The van der Waals surface area contributed by atoms with E-state index in [2.05, 4.69) is 5.32 Å². The van der Waals surface area contributed by atoms with Crippen molar-refractivity contribution >= 4 is 40.9 Å². The molecule has 1 aromatic rings. The summed E-state index contributed by atoms with van der Waals surface area (Å²) < 4.78 is 0. The van der Waals surface area contributed by atoms with Gasteiger partial charge in [0, 0.05) is 6.54 Å². The number of amides is 3. The minimum absolute atomic E-state index is 0.175. The highest BCUT2D eigenvalue weighted by molar-refractivity contribution is 6.43. The van der Waals surface area contributed by atoms with Crippen molar-refractivity contribution in [2.24, 2.45) is 5.92 Å². The molecule has 1 N–H and O–H groups in total. The summed E-state index contributed by atoms with van der Waals surface area (Å²) >= 11 is 11.7. The molecule has 0 aromatic heterocycles. The van der Waals surface area contributed by atoms with Gasteiger partial charge in [0.15, 0.2) is 0 Å². The summed E-state index contributed by atoms with van der Waals surface area (Å²) in [5.74, 6) is -0.966. The quantitative estimate of drug-likeness (QED) is 0.836. The molecule has 0 atom stereocenters. The van der Waals surface area contributed by atoms with E-state index in [1.807, 2.05) is 13.8 Å². The standard InChI is InChI=1S/C15H16Cl2N2O3/c1-8(2)3-4-18-13(20)7-19-14(21)9-5-11(16)12(17)6-10(9)15(19)22/h5-6,8H,3-4,7H2,1-2H3,(H,18,20). The average molecular weight is 343 g/mol. The third kappa shape index (κ3) is 3.42. The van der Waals surface area contributed by atoms with Crippen LogP contribution in [0.4, 0.5) is 0 Å². The topological polar surface area (TPSA) is 66.5 Å². The molecule has 1 heterocycles. The molecular weight excluding hydrogens is 327 g/mol. The maximum atomic E-state index is 12.2. The second kappa shape index (κ2) is 6.67. The summed E-state index contributed by atoms with van der Waals surface area (Å²) in [6, 6.07) is 2.71. The third-order valence-electron chi connectivity index (χ3n) is 3.36. The Balaban J connectivity index is 2.07. The molecule has 1 aliphatic rings. The number of halogens is 2. The van der Waals surface area contributed by atoms with Gasteiger partial charge in [-0.1, -0.05) is 37.0 Å². The Morgan fingerprint density at radius 3 is 2.09 bits per heavy atom. The van der Waals surface area contributed by atoms with Crippen molar-refractivity contribution < 1.29 is 14.4 Å². The molecule has 7 heteroatoms. The van der Waals surface area contributed by atoms with Crippen molar-refractivity contribution in [2.45, 2.75) is 20.3 Å². The van der Waals surface area contributed by atoms with Gasteiger partial charge in [0.1, 0.15) is 6.54 Å².